The molecule has 1 aromatic heterocycles. The number of anilines is 1. The number of nitrogens with zero attached hydrogens (tertiary/aromatic N) is 1. The van der Waals surface area contributed by atoms with Crippen molar-refractivity contribution < 1.29 is 17.9 Å². The molecule has 0 saturated carbocycles. The highest BCUT2D eigenvalue weighted by Gasteiger charge is 2.28. The minimum atomic E-state index is -4.26. The molecule has 7 heteroatoms. The SMILES string of the molecule is COc1ccc(CNc2ccc(SC(F)(F)F)cc2)cn1. The van der Waals surface area contributed by atoms with Gasteiger partial charge in [-0.3, -0.25) is 0 Å². The highest BCUT2D eigenvalue weighted by Crippen LogP contribution is 2.37. The predicted octanol–water partition coefficient (Wildman–Crippen LogP) is 4.31. The molecule has 1 heterocycles. The van der Waals surface area contributed by atoms with Crippen LogP contribution in [-0.4, -0.2) is 17.6 Å². The standard InChI is InChI=1S/C14H13F3N2OS/c1-20-13-7-2-10(9-19-13)8-18-11-3-5-12(6-4-11)21-14(15,16)17/h2-7,9,18H,8H2,1H3. The number of hydrogen-bond acceptors (Lipinski definition) is 4. The zero-order valence-electron chi connectivity index (χ0n) is 11.1. The van der Waals surface area contributed by atoms with Gasteiger partial charge in [0.2, 0.25) is 5.88 Å². The first-order valence-electron chi connectivity index (χ1n) is 6.05. The largest absolute Gasteiger partial charge is 0.481 e. The molecule has 0 unspecified atom stereocenters. The van der Waals surface area contributed by atoms with E-state index in [1.54, 1.807) is 31.5 Å². The van der Waals surface area contributed by atoms with E-state index in [-0.39, 0.29) is 16.7 Å². The smallest absolute Gasteiger partial charge is 0.446 e. The summed E-state index contributed by atoms with van der Waals surface area (Å²) in [4.78, 5) is 4.24. The number of methoxy groups -OCH3 is 1. The molecule has 0 aliphatic heterocycles. The Labute approximate surface area is 124 Å². The second-order valence-electron chi connectivity index (χ2n) is 4.13. The van der Waals surface area contributed by atoms with Gasteiger partial charge in [-0.15, -0.1) is 0 Å². The van der Waals surface area contributed by atoms with Gasteiger partial charge in [0.15, 0.2) is 0 Å². The monoisotopic (exact) mass is 314 g/mol. The lowest BCUT2D eigenvalue weighted by Gasteiger charge is -2.09. The van der Waals surface area contributed by atoms with Crippen LogP contribution in [0.4, 0.5) is 18.9 Å². The molecular formula is C14H13F3N2OS. The molecular weight excluding hydrogens is 301 g/mol. The van der Waals surface area contributed by atoms with E-state index in [1.165, 1.54) is 12.1 Å². The zero-order valence-corrected chi connectivity index (χ0v) is 12.0. The molecule has 0 spiro atoms. The van der Waals surface area contributed by atoms with E-state index in [0.29, 0.717) is 12.4 Å². The molecule has 0 aliphatic rings. The first kappa shape index (κ1) is 15.5. The van der Waals surface area contributed by atoms with E-state index >= 15 is 0 Å². The molecule has 0 saturated heterocycles. The fraction of sp³-hybridized carbons (Fsp3) is 0.214. The summed E-state index contributed by atoms with van der Waals surface area (Å²) in [6.07, 6.45) is 1.68. The van der Waals surface area contributed by atoms with Crippen LogP contribution >= 0.6 is 11.8 Å². The van der Waals surface area contributed by atoms with Gasteiger partial charge in [0.05, 0.1) is 7.11 Å². The van der Waals surface area contributed by atoms with E-state index < -0.39 is 5.51 Å². The van der Waals surface area contributed by atoms with Crippen LogP contribution in [0.3, 0.4) is 0 Å². The normalized spacial score (nSPS) is 11.2. The Morgan fingerprint density at radius 3 is 2.38 bits per heavy atom. The highest BCUT2D eigenvalue weighted by molar-refractivity contribution is 8.00. The fourth-order valence-electron chi connectivity index (χ4n) is 1.61. The van der Waals surface area contributed by atoms with Crippen LogP contribution in [0.2, 0.25) is 0 Å². The Kier molecular flexibility index (Phi) is 4.95. The molecule has 2 aromatic rings. The van der Waals surface area contributed by atoms with E-state index in [2.05, 4.69) is 10.3 Å². The predicted molar refractivity (Wildman–Crippen MR) is 76.5 cm³/mol. The van der Waals surface area contributed by atoms with Gasteiger partial charge in [-0.05, 0) is 41.6 Å². The number of nitrogens with one attached hydrogen (secondary N) is 1. The maximum absolute atomic E-state index is 12.2. The number of thioether (sulfide) groups is 1. The summed E-state index contributed by atoms with van der Waals surface area (Å²) in [6, 6.07) is 9.72. The lowest BCUT2D eigenvalue weighted by atomic mass is 10.2. The van der Waals surface area contributed by atoms with Gasteiger partial charge in [-0.25, -0.2) is 4.98 Å². The maximum atomic E-state index is 12.2. The lowest BCUT2D eigenvalue weighted by molar-refractivity contribution is -0.0328. The molecule has 21 heavy (non-hydrogen) atoms. The summed E-state index contributed by atoms with van der Waals surface area (Å²) >= 11 is -0.124. The quantitative estimate of drug-likeness (QED) is 0.834. The molecule has 0 amide bonds. The summed E-state index contributed by atoms with van der Waals surface area (Å²) < 4.78 is 41.6. The average molecular weight is 314 g/mol. The molecule has 1 aromatic carbocycles. The first-order valence-corrected chi connectivity index (χ1v) is 6.86. The van der Waals surface area contributed by atoms with Crippen LogP contribution in [0, 0.1) is 0 Å². The topological polar surface area (TPSA) is 34.1 Å². The van der Waals surface area contributed by atoms with E-state index in [4.69, 9.17) is 4.74 Å². The Morgan fingerprint density at radius 2 is 1.86 bits per heavy atom. The molecule has 2 rings (SSSR count). The van der Waals surface area contributed by atoms with Crippen LogP contribution in [0.5, 0.6) is 5.88 Å². The maximum Gasteiger partial charge on any atom is 0.446 e. The minimum Gasteiger partial charge on any atom is -0.481 e. The number of aromatic nitrogens is 1. The molecule has 0 atom stereocenters. The number of halogens is 3. The number of pyridine rings is 1. The van der Waals surface area contributed by atoms with Crippen LogP contribution < -0.4 is 10.1 Å². The Hall–Kier alpha value is -1.89. The summed E-state index contributed by atoms with van der Waals surface area (Å²) in [5.41, 5.74) is -2.56. The van der Waals surface area contributed by atoms with Gasteiger partial charge in [-0.1, -0.05) is 6.07 Å². The van der Waals surface area contributed by atoms with Crippen molar-refractivity contribution in [1.29, 1.82) is 0 Å². The van der Waals surface area contributed by atoms with Crippen molar-refractivity contribution in [2.24, 2.45) is 0 Å². The van der Waals surface area contributed by atoms with Crippen molar-refractivity contribution in [3.05, 3.63) is 48.2 Å². The van der Waals surface area contributed by atoms with Gasteiger partial charge >= 0.3 is 5.51 Å². The van der Waals surface area contributed by atoms with Crippen molar-refractivity contribution in [2.75, 3.05) is 12.4 Å². The van der Waals surface area contributed by atoms with Crippen LogP contribution in [-0.2, 0) is 6.54 Å². The number of rotatable bonds is 5. The molecule has 0 aliphatic carbocycles. The summed E-state index contributed by atoms with van der Waals surface area (Å²) in [5.74, 6) is 0.535. The van der Waals surface area contributed by atoms with Gasteiger partial charge in [0.25, 0.3) is 0 Å². The highest BCUT2D eigenvalue weighted by atomic mass is 32.2. The van der Waals surface area contributed by atoms with Crippen LogP contribution in [0.15, 0.2) is 47.5 Å². The van der Waals surface area contributed by atoms with Crippen molar-refractivity contribution in [1.82, 2.24) is 4.98 Å². The fourth-order valence-corrected chi connectivity index (χ4v) is 2.15. The molecule has 0 radical (unpaired) electrons. The second-order valence-corrected chi connectivity index (χ2v) is 5.27. The summed E-state index contributed by atoms with van der Waals surface area (Å²) in [7, 11) is 1.54. The molecule has 0 fully saturated rings. The minimum absolute atomic E-state index is 0.124. The number of alkyl halides is 3. The lowest BCUT2D eigenvalue weighted by Crippen LogP contribution is -2.01. The van der Waals surface area contributed by atoms with Crippen molar-refractivity contribution in [2.45, 2.75) is 16.9 Å². The average Bonchev–Trinajstić information content (AvgIpc) is 2.45. The van der Waals surface area contributed by atoms with Crippen molar-refractivity contribution in [3.63, 3.8) is 0 Å². The van der Waals surface area contributed by atoms with Crippen LogP contribution in [0.25, 0.3) is 0 Å². The third-order valence-corrected chi connectivity index (χ3v) is 3.33. The third kappa shape index (κ3) is 5.18. The van der Waals surface area contributed by atoms with Crippen LogP contribution in [0.1, 0.15) is 5.56 Å². The Morgan fingerprint density at radius 1 is 1.14 bits per heavy atom. The van der Waals surface area contributed by atoms with Gasteiger partial charge in [-0.2, -0.15) is 13.2 Å². The molecule has 1 N–H and O–H groups in total. The summed E-state index contributed by atoms with van der Waals surface area (Å²) in [5, 5.41) is 3.12. The number of ether oxygens (including phenoxy) is 1. The second kappa shape index (κ2) is 6.71. The molecule has 0 bridgehead atoms. The van der Waals surface area contributed by atoms with E-state index in [0.717, 1.165) is 11.3 Å². The molecule has 112 valence electrons. The van der Waals surface area contributed by atoms with Crippen molar-refractivity contribution >= 4 is 17.4 Å². The van der Waals surface area contributed by atoms with Gasteiger partial charge < -0.3 is 10.1 Å². The Bertz CT molecular complexity index is 570. The number of hydrogen-bond donors (Lipinski definition) is 1. The summed E-state index contributed by atoms with van der Waals surface area (Å²) in [6.45, 7) is 0.531. The van der Waals surface area contributed by atoms with Crippen molar-refractivity contribution in [3.8, 4) is 5.88 Å². The number of benzene rings is 1. The van der Waals surface area contributed by atoms with E-state index in [9.17, 15) is 13.2 Å². The van der Waals surface area contributed by atoms with Gasteiger partial charge in [0, 0.05) is 29.4 Å². The Balaban J connectivity index is 1.91. The molecule has 3 nitrogen and oxygen atoms in total. The van der Waals surface area contributed by atoms with E-state index in [1.807, 2.05) is 6.07 Å². The third-order valence-electron chi connectivity index (χ3n) is 2.59. The zero-order chi connectivity index (χ0) is 15.3. The van der Waals surface area contributed by atoms with Gasteiger partial charge in [0.1, 0.15) is 0 Å². The first-order chi connectivity index (χ1) is 9.96.